The van der Waals surface area contributed by atoms with Crippen LogP contribution in [0.3, 0.4) is 0 Å². The van der Waals surface area contributed by atoms with E-state index >= 15 is 0 Å². The first-order chi connectivity index (χ1) is 13.3. The molecule has 1 aliphatic rings. The molecule has 1 heterocycles. The lowest BCUT2D eigenvalue weighted by molar-refractivity contribution is 0.0680. The van der Waals surface area contributed by atoms with Crippen LogP contribution in [0.25, 0.3) is 0 Å². The monoisotopic (exact) mass is 371 g/mol. The Balaban J connectivity index is 1.47. The molecule has 2 aromatic rings. The first kappa shape index (κ1) is 19.5. The molecule has 5 heteroatoms. The highest BCUT2D eigenvalue weighted by Gasteiger charge is 2.15. The maximum atomic E-state index is 5.87. The standard InChI is InChI=1S/C22H29NO4/c1-2-24-12-13-26-20-8-3-6-18(14-20)16-23-19-7-4-9-21(15-19)27-17-22-10-5-11-25-22/h3-4,6-9,14-15,22-23H,2,5,10-13,16-17H2,1H3. The quantitative estimate of drug-likeness (QED) is 0.598. The van der Waals surface area contributed by atoms with E-state index in [1.807, 2.05) is 43.3 Å². The lowest BCUT2D eigenvalue weighted by atomic mass is 10.2. The van der Waals surface area contributed by atoms with Gasteiger partial charge in [0.15, 0.2) is 0 Å². The Kier molecular flexibility index (Phi) is 7.81. The van der Waals surface area contributed by atoms with Gasteiger partial charge in [0.2, 0.25) is 0 Å². The molecule has 1 atom stereocenters. The van der Waals surface area contributed by atoms with Gasteiger partial charge in [-0.15, -0.1) is 0 Å². The van der Waals surface area contributed by atoms with E-state index in [1.165, 1.54) is 0 Å². The maximum Gasteiger partial charge on any atom is 0.121 e. The van der Waals surface area contributed by atoms with E-state index in [9.17, 15) is 0 Å². The fourth-order valence-corrected chi connectivity index (χ4v) is 2.97. The van der Waals surface area contributed by atoms with E-state index in [0.29, 0.717) is 26.4 Å². The Labute approximate surface area is 161 Å². The number of ether oxygens (including phenoxy) is 4. The number of nitrogens with one attached hydrogen (secondary N) is 1. The van der Waals surface area contributed by atoms with Crippen molar-refractivity contribution in [2.24, 2.45) is 0 Å². The Morgan fingerprint density at radius 2 is 1.89 bits per heavy atom. The van der Waals surface area contributed by atoms with Gasteiger partial charge in [-0.1, -0.05) is 18.2 Å². The maximum absolute atomic E-state index is 5.87. The van der Waals surface area contributed by atoms with Crippen molar-refractivity contribution in [2.45, 2.75) is 32.4 Å². The van der Waals surface area contributed by atoms with E-state index in [4.69, 9.17) is 18.9 Å². The lowest BCUT2D eigenvalue weighted by Crippen LogP contribution is -2.16. The van der Waals surface area contributed by atoms with Gasteiger partial charge >= 0.3 is 0 Å². The Bertz CT molecular complexity index is 686. The van der Waals surface area contributed by atoms with Crippen molar-refractivity contribution in [3.05, 3.63) is 54.1 Å². The molecule has 0 spiro atoms. The summed E-state index contributed by atoms with van der Waals surface area (Å²) in [5, 5.41) is 3.44. The van der Waals surface area contributed by atoms with Gasteiger partial charge in [-0.2, -0.15) is 0 Å². The summed E-state index contributed by atoms with van der Waals surface area (Å²) >= 11 is 0. The average Bonchev–Trinajstić information content (AvgIpc) is 3.23. The number of rotatable bonds is 11. The predicted molar refractivity (Wildman–Crippen MR) is 107 cm³/mol. The van der Waals surface area contributed by atoms with Crippen molar-refractivity contribution in [2.75, 3.05) is 38.4 Å². The highest BCUT2D eigenvalue weighted by molar-refractivity contribution is 5.48. The minimum absolute atomic E-state index is 0.229. The van der Waals surface area contributed by atoms with Crippen molar-refractivity contribution in [3.63, 3.8) is 0 Å². The zero-order chi connectivity index (χ0) is 18.7. The van der Waals surface area contributed by atoms with Crippen LogP contribution in [0.1, 0.15) is 25.3 Å². The van der Waals surface area contributed by atoms with Gasteiger partial charge in [-0.05, 0) is 49.6 Å². The molecule has 1 aliphatic heterocycles. The molecule has 146 valence electrons. The van der Waals surface area contributed by atoms with E-state index in [0.717, 1.165) is 48.7 Å². The van der Waals surface area contributed by atoms with Gasteiger partial charge in [0.1, 0.15) is 24.7 Å². The summed E-state index contributed by atoms with van der Waals surface area (Å²) in [6.07, 6.45) is 2.44. The van der Waals surface area contributed by atoms with E-state index in [-0.39, 0.29) is 6.10 Å². The van der Waals surface area contributed by atoms with Gasteiger partial charge in [-0.3, -0.25) is 0 Å². The molecule has 5 nitrogen and oxygen atoms in total. The smallest absolute Gasteiger partial charge is 0.121 e. The van der Waals surface area contributed by atoms with Gasteiger partial charge < -0.3 is 24.3 Å². The van der Waals surface area contributed by atoms with Crippen molar-refractivity contribution >= 4 is 5.69 Å². The van der Waals surface area contributed by atoms with Gasteiger partial charge in [0.05, 0.1) is 12.7 Å². The third-order valence-electron chi connectivity index (χ3n) is 4.39. The third-order valence-corrected chi connectivity index (χ3v) is 4.39. The van der Waals surface area contributed by atoms with Gasteiger partial charge in [0.25, 0.3) is 0 Å². The minimum Gasteiger partial charge on any atom is -0.491 e. The largest absolute Gasteiger partial charge is 0.491 e. The van der Waals surface area contributed by atoms with Crippen LogP contribution in [0.5, 0.6) is 11.5 Å². The van der Waals surface area contributed by atoms with Crippen LogP contribution >= 0.6 is 0 Å². The summed E-state index contributed by atoms with van der Waals surface area (Å²) in [5.41, 5.74) is 2.19. The SMILES string of the molecule is CCOCCOc1cccc(CNc2cccc(OCC3CCCO3)c2)c1. The molecule has 3 rings (SSSR count). The van der Waals surface area contributed by atoms with Crippen LogP contribution in [0.15, 0.2) is 48.5 Å². The van der Waals surface area contributed by atoms with Gasteiger partial charge in [-0.25, -0.2) is 0 Å². The third kappa shape index (κ3) is 6.77. The molecule has 1 unspecified atom stereocenters. The zero-order valence-electron chi connectivity index (χ0n) is 16.0. The molecule has 1 N–H and O–H groups in total. The Morgan fingerprint density at radius 3 is 2.70 bits per heavy atom. The number of anilines is 1. The zero-order valence-corrected chi connectivity index (χ0v) is 16.0. The van der Waals surface area contributed by atoms with Crippen molar-refractivity contribution in [3.8, 4) is 11.5 Å². The topological polar surface area (TPSA) is 49.0 Å². The highest BCUT2D eigenvalue weighted by Crippen LogP contribution is 2.21. The molecule has 0 aromatic heterocycles. The van der Waals surface area contributed by atoms with Crippen molar-refractivity contribution in [1.29, 1.82) is 0 Å². The van der Waals surface area contributed by atoms with E-state index < -0.39 is 0 Å². The van der Waals surface area contributed by atoms with E-state index in [1.54, 1.807) is 0 Å². The summed E-state index contributed by atoms with van der Waals surface area (Å²) in [6, 6.07) is 16.2. The van der Waals surface area contributed by atoms with E-state index in [2.05, 4.69) is 17.4 Å². The fraction of sp³-hybridized carbons (Fsp3) is 0.455. The number of hydrogen-bond donors (Lipinski definition) is 1. The molecular formula is C22H29NO4. The summed E-state index contributed by atoms with van der Waals surface area (Å²) in [6.45, 7) is 6.05. The molecule has 1 saturated heterocycles. The molecule has 27 heavy (non-hydrogen) atoms. The van der Waals surface area contributed by atoms with Crippen molar-refractivity contribution in [1.82, 2.24) is 0 Å². The summed E-state index contributed by atoms with van der Waals surface area (Å²) in [7, 11) is 0. The normalized spacial score (nSPS) is 16.3. The molecular weight excluding hydrogens is 342 g/mol. The molecule has 0 amide bonds. The molecule has 0 saturated carbocycles. The fourth-order valence-electron chi connectivity index (χ4n) is 2.97. The lowest BCUT2D eigenvalue weighted by Gasteiger charge is -2.13. The summed E-state index contributed by atoms with van der Waals surface area (Å²) < 4.78 is 22.5. The number of benzene rings is 2. The van der Waals surface area contributed by atoms with Crippen LogP contribution in [0, 0.1) is 0 Å². The molecule has 1 fully saturated rings. The molecule has 0 radical (unpaired) electrons. The first-order valence-electron chi connectivity index (χ1n) is 9.71. The second-order valence-electron chi connectivity index (χ2n) is 6.52. The number of hydrogen-bond acceptors (Lipinski definition) is 5. The van der Waals surface area contributed by atoms with Gasteiger partial charge in [0, 0.05) is 31.5 Å². The Hall–Kier alpha value is -2.24. The summed E-state index contributed by atoms with van der Waals surface area (Å²) in [4.78, 5) is 0. The van der Waals surface area contributed by atoms with Crippen molar-refractivity contribution < 1.29 is 18.9 Å². The predicted octanol–water partition coefficient (Wildman–Crippen LogP) is 4.27. The summed E-state index contributed by atoms with van der Waals surface area (Å²) in [5.74, 6) is 1.73. The molecule has 0 aliphatic carbocycles. The average molecular weight is 371 g/mol. The highest BCUT2D eigenvalue weighted by atomic mass is 16.5. The second kappa shape index (κ2) is 10.8. The minimum atomic E-state index is 0.229. The van der Waals surface area contributed by atoms with Crippen LogP contribution < -0.4 is 14.8 Å². The van der Waals surface area contributed by atoms with Crippen LogP contribution in [0.2, 0.25) is 0 Å². The molecule has 2 aromatic carbocycles. The van der Waals surface area contributed by atoms with Crippen LogP contribution in [-0.4, -0.2) is 39.1 Å². The second-order valence-corrected chi connectivity index (χ2v) is 6.52. The Morgan fingerprint density at radius 1 is 1.04 bits per heavy atom. The first-order valence-corrected chi connectivity index (χ1v) is 9.71. The van der Waals surface area contributed by atoms with Crippen LogP contribution in [-0.2, 0) is 16.0 Å². The van der Waals surface area contributed by atoms with Crippen LogP contribution in [0.4, 0.5) is 5.69 Å². The molecule has 0 bridgehead atoms.